The largest absolute Gasteiger partial charge is 0.497 e. The Labute approximate surface area is 199 Å². The van der Waals surface area contributed by atoms with E-state index in [1.165, 1.54) is 0 Å². The van der Waals surface area contributed by atoms with Crippen LogP contribution in [0, 0.1) is 6.92 Å². The molecule has 3 aromatic rings. The molecule has 0 bridgehead atoms. The lowest BCUT2D eigenvalue weighted by Crippen LogP contribution is -2.47. The third-order valence-corrected chi connectivity index (χ3v) is 6.72. The van der Waals surface area contributed by atoms with E-state index in [0.717, 1.165) is 65.6 Å². The van der Waals surface area contributed by atoms with Crippen LogP contribution in [0.4, 0.5) is 5.69 Å². The van der Waals surface area contributed by atoms with E-state index in [0.29, 0.717) is 11.1 Å². The Morgan fingerprint density at radius 3 is 2.50 bits per heavy atom. The molecule has 0 atom stereocenters. The second-order valence-corrected chi connectivity index (χ2v) is 8.81. The molecule has 1 fully saturated rings. The average Bonchev–Trinajstić information content (AvgIpc) is 3.38. The monoisotopic (exact) mass is 456 g/mol. The molecule has 1 saturated heterocycles. The van der Waals surface area contributed by atoms with Crippen LogP contribution in [0.5, 0.6) is 5.75 Å². The quantitative estimate of drug-likeness (QED) is 0.584. The summed E-state index contributed by atoms with van der Waals surface area (Å²) in [4.78, 5) is 33.4. The van der Waals surface area contributed by atoms with Crippen molar-refractivity contribution in [3.05, 3.63) is 71.0 Å². The first-order valence-corrected chi connectivity index (χ1v) is 11.4. The number of carbonyl (C=O) groups is 2. The molecule has 2 N–H and O–H groups in total. The minimum Gasteiger partial charge on any atom is -0.497 e. The van der Waals surface area contributed by atoms with E-state index in [4.69, 9.17) is 4.74 Å². The smallest absolute Gasteiger partial charge is 0.256 e. The summed E-state index contributed by atoms with van der Waals surface area (Å²) in [7, 11) is 3.71. The molecule has 2 aromatic carbocycles. The van der Waals surface area contributed by atoms with Crippen molar-refractivity contribution in [2.24, 2.45) is 0 Å². The summed E-state index contributed by atoms with van der Waals surface area (Å²) < 4.78 is 5.28. The fraction of sp³-hybridized carbons (Fsp3) is 0.259. The number of nitrogens with one attached hydrogen (secondary N) is 2. The van der Waals surface area contributed by atoms with Gasteiger partial charge >= 0.3 is 0 Å². The van der Waals surface area contributed by atoms with Gasteiger partial charge < -0.3 is 24.8 Å². The van der Waals surface area contributed by atoms with Crippen molar-refractivity contribution >= 4 is 29.2 Å². The van der Waals surface area contributed by atoms with Crippen LogP contribution in [0.3, 0.4) is 0 Å². The number of aromatic nitrogens is 1. The van der Waals surface area contributed by atoms with Gasteiger partial charge in [0.1, 0.15) is 5.75 Å². The molecule has 0 radical (unpaired) electrons. The second-order valence-electron chi connectivity index (χ2n) is 8.81. The van der Waals surface area contributed by atoms with Crippen LogP contribution < -0.4 is 10.1 Å². The first-order chi connectivity index (χ1) is 16.5. The number of fused-ring (bicyclic) bond motifs is 1. The van der Waals surface area contributed by atoms with Gasteiger partial charge in [-0.1, -0.05) is 24.3 Å². The summed E-state index contributed by atoms with van der Waals surface area (Å²) in [6, 6.07) is 13.7. The molecule has 7 nitrogen and oxygen atoms in total. The van der Waals surface area contributed by atoms with E-state index in [9.17, 15) is 9.59 Å². The Morgan fingerprint density at radius 2 is 1.79 bits per heavy atom. The molecule has 2 aliphatic heterocycles. The number of hydrogen-bond donors (Lipinski definition) is 2. The number of aromatic amines is 1. The summed E-state index contributed by atoms with van der Waals surface area (Å²) in [5.41, 5.74) is 6.43. The highest BCUT2D eigenvalue weighted by Gasteiger charge is 2.29. The van der Waals surface area contributed by atoms with Gasteiger partial charge in [-0.05, 0) is 54.9 Å². The van der Waals surface area contributed by atoms with E-state index >= 15 is 0 Å². The normalized spacial score (nSPS) is 17.1. The molecule has 2 amide bonds. The SMILES string of the molecule is COc1ccc(-c2cccc3c2/C(=C/c2[nH]cc(C(=O)N4CCN(C)CC4)c2C)C(=O)N3)cc1. The van der Waals surface area contributed by atoms with Crippen molar-refractivity contribution in [1.29, 1.82) is 0 Å². The highest BCUT2D eigenvalue weighted by molar-refractivity contribution is 6.36. The molecule has 0 aliphatic carbocycles. The highest BCUT2D eigenvalue weighted by atomic mass is 16.5. The molecular weight excluding hydrogens is 428 g/mol. The van der Waals surface area contributed by atoms with Gasteiger partial charge in [-0.2, -0.15) is 0 Å². The maximum atomic E-state index is 13.1. The van der Waals surface area contributed by atoms with Gasteiger partial charge in [0.2, 0.25) is 0 Å². The summed E-state index contributed by atoms with van der Waals surface area (Å²) in [5, 5.41) is 2.98. The Kier molecular flexibility index (Phi) is 5.71. The van der Waals surface area contributed by atoms with Crippen LogP contribution in [0.15, 0.2) is 48.7 Å². The number of hydrogen-bond acceptors (Lipinski definition) is 4. The number of rotatable bonds is 4. The van der Waals surface area contributed by atoms with Crippen molar-refractivity contribution in [1.82, 2.24) is 14.8 Å². The van der Waals surface area contributed by atoms with Crippen LogP contribution in [0.2, 0.25) is 0 Å². The number of likely N-dealkylation sites (N-methyl/N-ethyl adjacent to an activating group) is 1. The fourth-order valence-electron chi connectivity index (χ4n) is 4.61. The predicted molar refractivity (Wildman–Crippen MR) is 134 cm³/mol. The topological polar surface area (TPSA) is 77.7 Å². The first-order valence-electron chi connectivity index (χ1n) is 11.4. The lowest BCUT2D eigenvalue weighted by atomic mass is 9.94. The van der Waals surface area contributed by atoms with Gasteiger partial charge in [0.15, 0.2) is 0 Å². The van der Waals surface area contributed by atoms with Crippen molar-refractivity contribution in [2.75, 3.05) is 45.7 Å². The number of nitrogens with zero attached hydrogens (tertiary/aromatic N) is 2. The Hall–Kier alpha value is -3.84. The molecule has 1 aromatic heterocycles. The van der Waals surface area contributed by atoms with Crippen LogP contribution in [0.25, 0.3) is 22.8 Å². The lowest BCUT2D eigenvalue weighted by molar-refractivity contribution is -0.110. The maximum Gasteiger partial charge on any atom is 0.256 e. The minimum absolute atomic E-state index is 0.0293. The summed E-state index contributed by atoms with van der Waals surface area (Å²) >= 11 is 0. The molecule has 0 saturated carbocycles. The third-order valence-electron chi connectivity index (χ3n) is 6.72. The van der Waals surface area contributed by atoms with Crippen LogP contribution in [-0.2, 0) is 4.79 Å². The van der Waals surface area contributed by atoms with Crippen LogP contribution in [-0.4, -0.2) is 66.9 Å². The van der Waals surface area contributed by atoms with Gasteiger partial charge in [-0.25, -0.2) is 0 Å². The average molecular weight is 457 g/mol. The third kappa shape index (κ3) is 3.88. The maximum absolute atomic E-state index is 13.1. The van der Waals surface area contributed by atoms with Gasteiger partial charge in [-0.15, -0.1) is 0 Å². The molecule has 5 rings (SSSR count). The standard InChI is InChI=1S/C27H28N4O3/c1-17-22(27(33)31-13-11-30(2)12-14-31)16-28-24(17)15-21-25-20(5-4-6-23(25)29-26(21)32)18-7-9-19(34-3)10-8-18/h4-10,15-16,28H,11-14H2,1-3H3,(H,29,32)/b21-15-. The van der Waals surface area contributed by atoms with E-state index < -0.39 is 0 Å². The molecule has 174 valence electrons. The highest BCUT2D eigenvalue weighted by Crippen LogP contribution is 2.41. The number of amides is 2. The van der Waals surface area contributed by atoms with Crippen molar-refractivity contribution in [3.8, 4) is 16.9 Å². The van der Waals surface area contributed by atoms with Gasteiger partial charge in [0.05, 0.1) is 18.2 Å². The van der Waals surface area contributed by atoms with Crippen LogP contribution >= 0.6 is 0 Å². The predicted octanol–water partition coefficient (Wildman–Crippen LogP) is 3.88. The Balaban J connectivity index is 1.50. The number of anilines is 1. The fourth-order valence-corrected chi connectivity index (χ4v) is 4.61. The van der Waals surface area contributed by atoms with E-state index in [-0.39, 0.29) is 11.8 Å². The number of carbonyl (C=O) groups excluding carboxylic acids is 2. The molecule has 34 heavy (non-hydrogen) atoms. The molecule has 0 unspecified atom stereocenters. The molecule has 7 heteroatoms. The Bertz CT molecular complexity index is 1280. The van der Waals surface area contributed by atoms with Gasteiger partial charge in [-0.3, -0.25) is 9.59 Å². The van der Waals surface area contributed by atoms with Crippen molar-refractivity contribution in [2.45, 2.75) is 6.92 Å². The summed E-state index contributed by atoms with van der Waals surface area (Å²) in [6.45, 7) is 5.11. The zero-order valence-corrected chi connectivity index (χ0v) is 19.6. The molecule has 0 spiro atoms. The second kappa shape index (κ2) is 8.83. The van der Waals surface area contributed by atoms with E-state index in [1.54, 1.807) is 13.3 Å². The van der Waals surface area contributed by atoms with Crippen LogP contribution in [0.1, 0.15) is 27.2 Å². The molecule has 2 aliphatic rings. The number of methoxy groups -OCH3 is 1. The molecule has 3 heterocycles. The van der Waals surface area contributed by atoms with E-state index in [2.05, 4.69) is 22.2 Å². The van der Waals surface area contributed by atoms with Gasteiger partial charge in [0, 0.05) is 49.3 Å². The van der Waals surface area contributed by atoms with Gasteiger partial charge in [0.25, 0.3) is 11.8 Å². The number of ether oxygens (including phenoxy) is 1. The lowest BCUT2D eigenvalue weighted by Gasteiger charge is -2.32. The number of benzene rings is 2. The van der Waals surface area contributed by atoms with Crippen molar-refractivity contribution in [3.63, 3.8) is 0 Å². The number of piperazine rings is 1. The molecular formula is C27H28N4O3. The van der Waals surface area contributed by atoms with Crippen molar-refractivity contribution < 1.29 is 14.3 Å². The number of H-pyrrole nitrogens is 1. The Morgan fingerprint density at radius 1 is 1.06 bits per heavy atom. The summed E-state index contributed by atoms with van der Waals surface area (Å²) in [6.07, 6.45) is 3.61. The zero-order chi connectivity index (χ0) is 23.8. The van der Waals surface area contributed by atoms with E-state index in [1.807, 2.05) is 60.4 Å². The zero-order valence-electron chi connectivity index (χ0n) is 19.6. The first kappa shape index (κ1) is 22.0. The summed E-state index contributed by atoms with van der Waals surface area (Å²) in [5.74, 6) is 0.652. The minimum atomic E-state index is -0.156.